The number of anilines is 1. The number of hydrogen-bond acceptors (Lipinski definition) is 5. The Kier molecular flexibility index (Phi) is 4.29. The Morgan fingerprint density at radius 3 is 2.74 bits per heavy atom. The highest BCUT2D eigenvalue weighted by molar-refractivity contribution is 7.14. The molecule has 1 N–H and O–H groups in total. The quantitative estimate of drug-likeness (QED) is 0.731. The molecule has 0 aliphatic carbocycles. The number of thiazole rings is 1. The summed E-state index contributed by atoms with van der Waals surface area (Å²) in [5, 5.41) is 9.00. The molecule has 116 valence electrons. The fraction of sp³-hybridized carbons (Fsp3) is 0.125. The molecule has 0 radical (unpaired) electrons. The largest absolute Gasteiger partial charge is 0.302 e. The number of nitrogens with zero attached hydrogens (tertiary/aromatic N) is 3. The van der Waals surface area contributed by atoms with Gasteiger partial charge in [0.25, 0.3) is 0 Å². The number of amides is 1. The maximum absolute atomic E-state index is 12.0. The van der Waals surface area contributed by atoms with Crippen LogP contribution < -0.4 is 5.32 Å². The number of benzene rings is 1. The van der Waals surface area contributed by atoms with Crippen LogP contribution in [-0.2, 0) is 11.2 Å². The Hall–Kier alpha value is -2.80. The molecular formula is C16H14N4O2S. The van der Waals surface area contributed by atoms with Crippen molar-refractivity contribution < 1.29 is 9.59 Å². The summed E-state index contributed by atoms with van der Waals surface area (Å²) in [6.45, 7) is 1.44. The number of Topliss-reactive ketones (excluding diaryl/α,β-unsaturated/α-hetero) is 1. The smallest absolute Gasteiger partial charge is 0.230 e. The maximum atomic E-state index is 12.0. The maximum Gasteiger partial charge on any atom is 0.230 e. The first-order valence-electron chi connectivity index (χ1n) is 6.97. The summed E-state index contributed by atoms with van der Waals surface area (Å²) in [7, 11) is 0. The van der Waals surface area contributed by atoms with Crippen LogP contribution in [0.3, 0.4) is 0 Å². The lowest BCUT2D eigenvalue weighted by molar-refractivity contribution is -0.115. The third kappa shape index (κ3) is 3.70. The molecule has 0 aliphatic rings. The average molecular weight is 326 g/mol. The van der Waals surface area contributed by atoms with Gasteiger partial charge in [-0.3, -0.25) is 9.59 Å². The summed E-state index contributed by atoms with van der Waals surface area (Å²) in [5.41, 5.74) is 2.10. The average Bonchev–Trinajstić information content (AvgIpc) is 3.18. The summed E-state index contributed by atoms with van der Waals surface area (Å²) in [5.74, 6) is -0.312. The first kappa shape index (κ1) is 15.1. The van der Waals surface area contributed by atoms with Crippen LogP contribution in [0.1, 0.15) is 23.0 Å². The van der Waals surface area contributed by atoms with Crippen LogP contribution in [0.4, 0.5) is 5.13 Å². The zero-order chi connectivity index (χ0) is 16.2. The van der Waals surface area contributed by atoms with Crippen molar-refractivity contribution in [3.05, 3.63) is 59.4 Å². The van der Waals surface area contributed by atoms with Gasteiger partial charge in [0.05, 0.1) is 18.3 Å². The van der Waals surface area contributed by atoms with Crippen LogP contribution in [0.2, 0.25) is 0 Å². The van der Waals surface area contributed by atoms with E-state index in [0.29, 0.717) is 10.8 Å². The zero-order valence-corrected chi connectivity index (χ0v) is 13.2. The van der Waals surface area contributed by atoms with Gasteiger partial charge in [0.1, 0.15) is 5.69 Å². The van der Waals surface area contributed by atoms with Crippen molar-refractivity contribution in [1.29, 1.82) is 0 Å². The lowest BCUT2D eigenvalue weighted by Gasteiger charge is -2.00. The molecule has 2 heterocycles. The van der Waals surface area contributed by atoms with Gasteiger partial charge >= 0.3 is 0 Å². The summed E-state index contributed by atoms with van der Waals surface area (Å²) >= 11 is 1.23. The summed E-state index contributed by atoms with van der Waals surface area (Å²) in [6, 6.07) is 9.67. The molecule has 23 heavy (non-hydrogen) atoms. The second kappa shape index (κ2) is 6.53. The Morgan fingerprint density at radius 1 is 1.26 bits per heavy atom. The molecule has 1 aromatic carbocycles. The van der Waals surface area contributed by atoms with Gasteiger partial charge in [0.2, 0.25) is 5.91 Å². The monoisotopic (exact) mass is 326 g/mol. The van der Waals surface area contributed by atoms with Gasteiger partial charge in [-0.2, -0.15) is 5.10 Å². The molecular weight excluding hydrogens is 312 g/mol. The molecule has 0 fully saturated rings. The first-order valence-corrected chi connectivity index (χ1v) is 7.85. The second-order valence-corrected chi connectivity index (χ2v) is 5.81. The van der Waals surface area contributed by atoms with Crippen LogP contribution in [0.15, 0.2) is 48.1 Å². The lowest BCUT2D eigenvalue weighted by Crippen LogP contribution is -2.14. The fourth-order valence-corrected chi connectivity index (χ4v) is 2.78. The van der Waals surface area contributed by atoms with Crippen LogP contribution in [-0.4, -0.2) is 26.5 Å². The summed E-state index contributed by atoms with van der Waals surface area (Å²) in [4.78, 5) is 27.3. The minimum atomic E-state index is -0.193. The molecule has 2 aromatic heterocycles. The van der Waals surface area contributed by atoms with Crippen molar-refractivity contribution in [3.8, 4) is 5.69 Å². The molecule has 0 atom stereocenters. The zero-order valence-electron chi connectivity index (χ0n) is 12.4. The van der Waals surface area contributed by atoms with E-state index in [1.807, 2.05) is 36.5 Å². The number of para-hydroxylation sites is 1. The molecule has 0 saturated carbocycles. The van der Waals surface area contributed by atoms with Gasteiger partial charge in [-0.1, -0.05) is 18.2 Å². The number of hydrogen-bond donors (Lipinski definition) is 1. The van der Waals surface area contributed by atoms with Crippen LogP contribution in [0.5, 0.6) is 0 Å². The topological polar surface area (TPSA) is 76.9 Å². The molecule has 0 aliphatic heterocycles. The predicted octanol–water partition coefficient (Wildman–Crippen LogP) is 2.71. The van der Waals surface area contributed by atoms with E-state index in [0.717, 1.165) is 11.3 Å². The van der Waals surface area contributed by atoms with Crippen LogP contribution >= 0.6 is 11.3 Å². The van der Waals surface area contributed by atoms with Crippen molar-refractivity contribution in [2.45, 2.75) is 13.3 Å². The Bertz CT molecular complexity index is 839. The third-order valence-electron chi connectivity index (χ3n) is 3.13. The predicted molar refractivity (Wildman–Crippen MR) is 88.0 cm³/mol. The summed E-state index contributed by atoms with van der Waals surface area (Å²) < 4.78 is 1.72. The van der Waals surface area contributed by atoms with Crippen molar-refractivity contribution in [1.82, 2.24) is 14.8 Å². The van der Waals surface area contributed by atoms with Gasteiger partial charge in [-0.05, 0) is 17.7 Å². The molecule has 6 nitrogen and oxygen atoms in total. The molecule has 0 spiro atoms. The molecule has 3 aromatic rings. The normalized spacial score (nSPS) is 10.5. The Morgan fingerprint density at radius 2 is 2.04 bits per heavy atom. The van der Waals surface area contributed by atoms with Gasteiger partial charge in [0.15, 0.2) is 10.9 Å². The second-order valence-electron chi connectivity index (χ2n) is 4.95. The number of nitrogens with one attached hydrogen (secondary N) is 1. The van der Waals surface area contributed by atoms with E-state index in [1.54, 1.807) is 16.3 Å². The number of carbonyl (C=O) groups excluding carboxylic acids is 2. The van der Waals surface area contributed by atoms with Crippen molar-refractivity contribution in [3.63, 3.8) is 0 Å². The highest BCUT2D eigenvalue weighted by atomic mass is 32.1. The van der Waals surface area contributed by atoms with Crippen LogP contribution in [0.25, 0.3) is 5.69 Å². The number of rotatable bonds is 5. The summed E-state index contributed by atoms with van der Waals surface area (Å²) in [6.07, 6.45) is 3.68. The van der Waals surface area contributed by atoms with E-state index in [9.17, 15) is 9.59 Å². The molecule has 0 unspecified atom stereocenters. The minimum absolute atomic E-state index is 0.120. The number of ketones is 1. The van der Waals surface area contributed by atoms with Gasteiger partial charge < -0.3 is 5.32 Å². The van der Waals surface area contributed by atoms with E-state index in [2.05, 4.69) is 15.4 Å². The number of carbonyl (C=O) groups is 2. The van der Waals surface area contributed by atoms with E-state index in [1.165, 1.54) is 18.3 Å². The Labute approximate surface area is 136 Å². The van der Waals surface area contributed by atoms with E-state index >= 15 is 0 Å². The van der Waals surface area contributed by atoms with Gasteiger partial charge in [0, 0.05) is 18.5 Å². The standard InChI is InChI=1S/C16H14N4O2S/c1-11(21)14-10-23-16(18-14)19-15(22)7-12-8-17-20(9-12)13-5-3-2-4-6-13/h2-6,8-10H,7H2,1H3,(H,18,19,22). The molecule has 3 rings (SSSR count). The van der Waals surface area contributed by atoms with Crippen molar-refractivity contribution >= 4 is 28.2 Å². The fourth-order valence-electron chi connectivity index (χ4n) is 2.02. The molecule has 0 saturated heterocycles. The Balaban J connectivity index is 1.64. The molecule has 0 bridgehead atoms. The third-order valence-corrected chi connectivity index (χ3v) is 3.89. The lowest BCUT2D eigenvalue weighted by atomic mass is 10.2. The van der Waals surface area contributed by atoms with Gasteiger partial charge in [-0.15, -0.1) is 11.3 Å². The van der Waals surface area contributed by atoms with Crippen molar-refractivity contribution in [2.75, 3.05) is 5.32 Å². The molecule has 1 amide bonds. The molecule has 7 heteroatoms. The highest BCUT2D eigenvalue weighted by Gasteiger charge is 2.11. The SMILES string of the molecule is CC(=O)c1csc(NC(=O)Cc2cnn(-c3ccccc3)c2)n1. The van der Waals surface area contributed by atoms with Crippen LogP contribution in [0, 0.1) is 0 Å². The van der Waals surface area contributed by atoms with Gasteiger partial charge in [-0.25, -0.2) is 9.67 Å². The highest BCUT2D eigenvalue weighted by Crippen LogP contribution is 2.16. The number of aromatic nitrogens is 3. The first-order chi connectivity index (χ1) is 11.1. The minimum Gasteiger partial charge on any atom is -0.302 e. The van der Waals surface area contributed by atoms with Crippen molar-refractivity contribution in [2.24, 2.45) is 0 Å². The van der Waals surface area contributed by atoms with E-state index in [-0.39, 0.29) is 18.1 Å². The van der Waals surface area contributed by atoms with E-state index < -0.39 is 0 Å². The van der Waals surface area contributed by atoms with E-state index in [4.69, 9.17) is 0 Å².